The van der Waals surface area contributed by atoms with Crippen LogP contribution in [0, 0.1) is 5.82 Å². The highest BCUT2D eigenvalue weighted by Crippen LogP contribution is 2.40. The molecule has 1 heterocycles. The molecule has 0 bridgehead atoms. The lowest BCUT2D eigenvalue weighted by atomic mass is 10.1. The van der Waals surface area contributed by atoms with E-state index in [0.29, 0.717) is 12.2 Å². The molecule has 0 radical (unpaired) electrons. The maximum absolute atomic E-state index is 13.0. The van der Waals surface area contributed by atoms with Crippen LogP contribution in [0.5, 0.6) is 0 Å². The monoisotopic (exact) mass is 302 g/mol. The highest BCUT2D eigenvalue weighted by atomic mass is 32.2. The van der Waals surface area contributed by atoms with Gasteiger partial charge in [0.1, 0.15) is 5.82 Å². The number of nitrogen functional groups attached to an aromatic ring is 1. The first kappa shape index (κ1) is 13.9. The first-order valence-corrected chi connectivity index (χ1v) is 7.54. The van der Waals surface area contributed by atoms with Crippen LogP contribution < -0.4 is 10.6 Å². The lowest BCUT2D eigenvalue weighted by Gasteiger charge is -2.32. The maximum Gasteiger partial charge on any atom is 0.240 e. The number of hydrogen-bond donors (Lipinski definition) is 1. The third kappa shape index (κ3) is 2.74. The number of nitrogens with zero attached hydrogens (tertiary/aromatic N) is 1. The average Bonchev–Trinajstić information content (AvgIpc) is 2.47. The number of carbonyl (C=O) groups excluding carboxylic acids is 1. The van der Waals surface area contributed by atoms with Crippen LogP contribution in [-0.2, 0) is 11.3 Å². The summed E-state index contributed by atoms with van der Waals surface area (Å²) in [6.07, 6.45) is 0. The standard InChI is InChI=1S/C16H15FN2OS/c1-10-16(20)19(9-11-2-4-12(17)5-3-11)14-8-13(18)6-7-15(14)21-10/h2-8,10H,9,18H2,1H3. The van der Waals surface area contributed by atoms with Crippen molar-refractivity contribution in [1.82, 2.24) is 0 Å². The van der Waals surface area contributed by atoms with Crippen molar-refractivity contribution in [1.29, 1.82) is 0 Å². The smallest absolute Gasteiger partial charge is 0.240 e. The van der Waals surface area contributed by atoms with Crippen molar-refractivity contribution in [3.8, 4) is 0 Å². The third-order valence-corrected chi connectivity index (χ3v) is 4.60. The molecule has 1 amide bonds. The summed E-state index contributed by atoms with van der Waals surface area (Å²) in [5, 5.41) is -0.137. The topological polar surface area (TPSA) is 46.3 Å². The Bertz CT molecular complexity index is 687. The number of benzene rings is 2. The number of rotatable bonds is 2. The van der Waals surface area contributed by atoms with Crippen LogP contribution in [0.4, 0.5) is 15.8 Å². The molecular weight excluding hydrogens is 287 g/mol. The SMILES string of the molecule is CC1Sc2ccc(N)cc2N(Cc2ccc(F)cc2)C1=O. The lowest BCUT2D eigenvalue weighted by molar-refractivity contribution is -0.118. The molecule has 0 aromatic heterocycles. The summed E-state index contributed by atoms with van der Waals surface area (Å²) in [5.74, 6) is -0.236. The van der Waals surface area contributed by atoms with Gasteiger partial charge in [-0.1, -0.05) is 12.1 Å². The van der Waals surface area contributed by atoms with E-state index in [4.69, 9.17) is 5.73 Å². The zero-order valence-electron chi connectivity index (χ0n) is 11.5. The summed E-state index contributed by atoms with van der Waals surface area (Å²) in [6, 6.07) is 11.8. The Morgan fingerprint density at radius 1 is 1.24 bits per heavy atom. The van der Waals surface area contributed by atoms with E-state index in [1.807, 2.05) is 25.1 Å². The van der Waals surface area contributed by atoms with E-state index in [1.165, 1.54) is 23.9 Å². The molecule has 0 fully saturated rings. The van der Waals surface area contributed by atoms with E-state index in [-0.39, 0.29) is 17.0 Å². The highest BCUT2D eigenvalue weighted by molar-refractivity contribution is 8.00. The van der Waals surface area contributed by atoms with Crippen LogP contribution in [-0.4, -0.2) is 11.2 Å². The van der Waals surface area contributed by atoms with Crippen molar-refractivity contribution in [2.24, 2.45) is 0 Å². The number of carbonyl (C=O) groups is 1. The molecule has 3 nitrogen and oxygen atoms in total. The summed E-state index contributed by atoms with van der Waals surface area (Å²) >= 11 is 1.54. The normalized spacial score (nSPS) is 17.7. The Balaban J connectivity index is 1.98. The van der Waals surface area contributed by atoms with Gasteiger partial charge in [-0.3, -0.25) is 4.79 Å². The first-order valence-electron chi connectivity index (χ1n) is 6.66. The van der Waals surface area contributed by atoms with Gasteiger partial charge in [0.2, 0.25) is 5.91 Å². The molecular formula is C16H15FN2OS. The number of anilines is 2. The van der Waals surface area contributed by atoms with Crippen LogP contribution in [0.2, 0.25) is 0 Å². The number of fused-ring (bicyclic) bond motifs is 1. The lowest BCUT2D eigenvalue weighted by Crippen LogP contribution is -2.39. The average molecular weight is 302 g/mol. The highest BCUT2D eigenvalue weighted by Gasteiger charge is 2.30. The van der Waals surface area contributed by atoms with Gasteiger partial charge in [0.15, 0.2) is 0 Å². The Morgan fingerprint density at radius 2 is 1.95 bits per heavy atom. The Hall–Kier alpha value is -2.01. The Morgan fingerprint density at radius 3 is 2.67 bits per heavy atom. The molecule has 1 aliphatic rings. The van der Waals surface area contributed by atoms with Crippen LogP contribution in [0.3, 0.4) is 0 Å². The number of nitrogens with two attached hydrogens (primary N) is 1. The predicted octanol–water partition coefficient (Wildman–Crippen LogP) is 3.44. The van der Waals surface area contributed by atoms with E-state index < -0.39 is 0 Å². The van der Waals surface area contributed by atoms with Gasteiger partial charge in [-0.15, -0.1) is 11.8 Å². The second-order valence-corrected chi connectivity index (χ2v) is 6.42. The van der Waals surface area contributed by atoms with Crippen molar-refractivity contribution in [2.75, 3.05) is 10.6 Å². The van der Waals surface area contributed by atoms with E-state index in [0.717, 1.165) is 16.1 Å². The molecule has 0 saturated heterocycles. The maximum atomic E-state index is 13.0. The molecule has 21 heavy (non-hydrogen) atoms. The molecule has 3 rings (SSSR count). The minimum atomic E-state index is -0.280. The summed E-state index contributed by atoms with van der Waals surface area (Å²) in [6.45, 7) is 2.31. The van der Waals surface area contributed by atoms with Gasteiger partial charge < -0.3 is 10.6 Å². The molecule has 0 aliphatic carbocycles. The van der Waals surface area contributed by atoms with E-state index in [2.05, 4.69) is 0 Å². The minimum Gasteiger partial charge on any atom is -0.399 e. The fourth-order valence-corrected chi connectivity index (χ4v) is 3.40. The van der Waals surface area contributed by atoms with Crippen molar-refractivity contribution in [3.63, 3.8) is 0 Å². The predicted molar refractivity (Wildman–Crippen MR) is 83.8 cm³/mol. The first-order chi connectivity index (χ1) is 10.0. The van der Waals surface area contributed by atoms with E-state index in [1.54, 1.807) is 17.0 Å². The van der Waals surface area contributed by atoms with Crippen molar-refractivity contribution >= 4 is 29.0 Å². The Labute approximate surface area is 126 Å². The molecule has 1 atom stereocenters. The molecule has 108 valence electrons. The second-order valence-electron chi connectivity index (χ2n) is 5.04. The minimum absolute atomic E-state index is 0.0439. The van der Waals surface area contributed by atoms with E-state index in [9.17, 15) is 9.18 Å². The van der Waals surface area contributed by atoms with Crippen molar-refractivity contribution in [2.45, 2.75) is 23.6 Å². The molecule has 2 aromatic rings. The molecule has 2 N–H and O–H groups in total. The van der Waals surface area contributed by atoms with E-state index >= 15 is 0 Å². The summed E-state index contributed by atoms with van der Waals surface area (Å²) in [4.78, 5) is 15.2. The van der Waals surface area contributed by atoms with Crippen molar-refractivity contribution < 1.29 is 9.18 Å². The molecule has 5 heteroatoms. The quantitative estimate of drug-likeness (QED) is 0.864. The molecule has 0 saturated carbocycles. The second kappa shape index (κ2) is 5.41. The number of halogens is 1. The molecule has 0 spiro atoms. The van der Waals surface area contributed by atoms with Crippen LogP contribution in [0.15, 0.2) is 47.4 Å². The van der Waals surface area contributed by atoms with Crippen molar-refractivity contribution in [3.05, 3.63) is 53.8 Å². The van der Waals surface area contributed by atoms with Gasteiger partial charge >= 0.3 is 0 Å². The fourth-order valence-electron chi connectivity index (χ4n) is 2.36. The van der Waals surface area contributed by atoms with Gasteiger partial charge in [-0.05, 0) is 42.8 Å². The molecule has 1 unspecified atom stereocenters. The van der Waals surface area contributed by atoms with Crippen LogP contribution in [0.1, 0.15) is 12.5 Å². The van der Waals surface area contributed by atoms with Gasteiger partial charge in [-0.25, -0.2) is 4.39 Å². The summed E-state index contributed by atoms with van der Waals surface area (Å²) < 4.78 is 13.0. The van der Waals surface area contributed by atoms with Gasteiger partial charge in [0.25, 0.3) is 0 Å². The zero-order chi connectivity index (χ0) is 15.0. The number of thioether (sulfide) groups is 1. The van der Waals surface area contributed by atoms with Gasteiger partial charge in [-0.2, -0.15) is 0 Å². The third-order valence-electron chi connectivity index (χ3n) is 3.45. The summed E-state index contributed by atoms with van der Waals surface area (Å²) in [5.41, 5.74) is 8.18. The fraction of sp³-hybridized carbons (Fsp3) is 0.188. The summed E-state index contributed by atoms with van der Waals surface area (Å²) in [7, 11) is 0. The molecule has 2 aromatic carbocycles. The largest absolute Gasteiger partial charge is 0.399 e. The van der Waals surface area contributed by atoms with Crippen LogP contribution >= 0.6 is 11.8 Å². The number of hydrogen-bond acceptors (Lipinski definition) is 3. The Kier molecular flexibility index (Phi) is 3.59. The van der Waals surface area contributed by atoms with Crippen LogP contribution in [0.25, 0.3) is 0 Å². The van der Waals surface area contributed by atoms with Gasteiger partial charge in [0, 0.05) is 10.6 Å². The van der Waals surface area contributed by atoms with Gasteiger partial charge in [0.05, 0.1) is 17.5 Å². The molecule has 1 aliphatic heterocycles. The zero-order valence-corrected chi connectivity index (χ0v) is 12.4. The number of amides is 1.